The highest BCUT2D eigenvalue weighted by molar-refractivity contribution is 6.30. The lowest BCUT2D eigenvalue weighted by molar-refractivity contribution is 0.0627. The number of ether oxygens (including phenoxy) is 1. The van der Waals surface area contributed by atoms with Gasteiger partial charge in [0.25, 0.3) is 5.91 Å². The minimum atomic E-state index is 0.0301. The third kappa shape index (κ3) is 4.67. The van der Waals surface area contributed by atoms with Crippen LogP contribution in [0.5, 0.6) is 5.75 Å². The number of benzene rings is 2. The van der Waals surface area contributed by atoms with Crippen molar-refractivity contribution in [1.82, 2.24) is 9.80 Å². The Morgan fingerprint density at radius 1 is 1.00 bits per heavy atom. The smallest absolute Gasteiger partial charge is 0.253 e. The first-order valence-electron chi connectivity index (χ1n) is 8.93. The standard InChI is InChI=1S/C21H23ClN2O3/c1-15(25)17-5-8-20(27-2)18(13-17)14-23-9-11-24(12-10-23)21(26)16-3-6-19(22)7-4-16/h3-8,13H,9-12,14H2,1-2H3. The van der Waals surface area contributed by atoms with Gasteiger partial charge in [0.2, 0.25) is 0 Å². The van der Waals surface area contributed by atoms with Gasteiger partial charge in [0.1, 0.15) is 5.75 Å². The maximum absolute atomic E-state index is 12.6. The fraction of sp³-hybridized carbons (Fsp3) is 0.333. The summed E-state index contributed by atoms with van der Waals surface area (Å²) in [5, 5.41) is 0.623. The van der Waals surface area contributed by atoms with E-state index in [4.69, 9.17) is 16.3 Å². The molecule has 0 unspecified atom stereocenters. The molecule has 5 nitrogen and oxygen atoms in total. The highest BCUT2D eigenvalue weighted by Crippen LogP contribution is 2.23. The van der Waals surface area contributed by atoms with Gasteiger partial charge >= 0.3 is 0 Å². The predicted molar refractivity (Wildman–Crippen MR) is 106 cm³/mol. The molecule has 1 aliphatic rings. The fourth-order valence-electron chi connectivity index (χ4n) is 3.25. The Kier molecular flexibility index (Phi) is 6.14. The summed E-state index contributed by atoms with van der Waals surface area (Å²) in [4.78, 5) is 28.4. The largest absolute Gasteiger partial charge is 0.496 e. The number of carbonyl (C=O) groups is 2. The van der Waals surface area contributed by atoms with Gasteiger partial charge in [0, 0.05) is 54.4 Å². The Morgan fingerprint density at radius 2 is 1.63 bits per heavy atom. The van der Waals surface area contributed by atoms with Crippen molar-refractivity contribution >= 4 is 23.3 Å². The van der Waals surface area contributed by atoms with E-state index in [2.05, 4.69) is 4.90 Å². The molecule has 0 saturated carbocycles. The third-order valence-corrected chi connectivity index (χ3v) is 5.08. The van der Waals surface area contributed by atoms with Gasteiger partial charge in [-0.3, -0.25) is 14.5 Å². The SMILES string of the molecule is COc1ccc(C(C)=O)cc1CN1CCN(C(=O)c2ccc(Cl)cc2)CC1. The van der Waals surface area contributed by atoms with Gasteiger partial charge in [-0.15, -0.1) is 0 Å². The van der Waals surface area contributed by atoms with E-state index in [1.54, 1.807) is 44.4 Å². The van der Waals surface area contributed by atoms with Gasteiger partial charge < -0.3 is 9.64 Å². The van der Waals surface area contributed by atoms with Crippen LogP contribution in [-0.2, 0) is 6.54 Å². The summed E-state index contributed by atoms with van der Waals surface area (Å²) >= 11 is 5.89. The molecule has 142 valence electrons. The first kappa shape index (κ1) is 19.4. The number of carbonyl (C=O) groups excluding carboxylic acids is 2. The van der Waals surface area contributed by atoms with Crippen LogP contribution in [0, 0.1) is 0 Å². The number of methoxy groups -OCH3 is 1. The number of hydrogen-bond acceptors (Lipinski definition) is 4. The molecule has 0 atom stereocenters. The summed E-state index contributed by atoms with van der Waals surface area (Å²) in [6.45, 7) is 5.12. The van der Waals surface area contributed by atoms with Crippen LogP contribution in [0.1, 0.15) is 33.2 Å². The number of nitrogens with zero attached hydrogens (tertiary/aromatic N) is 2. The van der Waals surface area contributed by atoms with E-state index in [9.17, 15) is 9.59 Å². The number of Topliss-reactive ketones (excluding diaryl/α,β-unsaturated/α-hetero) is 1. The number of ketones is 1. The third-order valence-electron chi connectivity index (χ3n) is 4.83. The molecule has 0 aromatic heterocycles. The highest BCUT2D eigenvalue weighted by Gasteiger charge is 2.23. The van der Waals surface area contributed by atoms with Gasteiger partial charge in [-0.1, -0.05) is 11.6 Å². The minimum absolute atomic E-state index is 0.0301. The van der Waals surface area contributed by atoms with E-state index in [-0.39, 0.29) is 11.7 Å². The summed E-state index contributed by atoms with van der Waals surface area (Å²) in [7, 11) is 1.63. The van der Waals surface area contributed by atoms with E-state index in [0.29, 0.717) is 35.8 Å². The Bertz CT molecular complexity index is 828. The summed E-state index contributed by atoms with van der Waals surface area (Å²) in [5.41, 5.74) is 2.33. The molecule has 6 heteroatoms. The molecule has 2 aromatic carbocycles. The molecule has 0 spiro atoms. The topological polar surface area (TPSA) is 49.9 Å². The maximum Gasteiger partial charge on any atom is 0.253 e. The average Bonchev–Trinajstić information content (AvgIpc) is 2.68. The number of rotatable bonds is 5. The van der Waals surface area contributed by atoms with Crippen molar-refractivity contribution in [3.05, 3.63) is 64.2 Å². The van der Waals surface area contributed by atoms with Crippen LogP contribution in [-0.4, -0.2) is 54.8 Å². The van der Waals surface area contributed by atoms with Crippen LogP contribution >= 0.6 is 11.6 Å². The summed E-state index contributed by atoms with van der Waals surface area (Å²) < 4.78 is 5.44. The van der Waals surface area contributed by atoms with Gasteiger partial charge in [-0.25, -0.2) is 0 Å². The Labute approximate surface area is 164 Å². The molecule has 1 fully saturated rings. The Balaban J connectivity index is 1.63. The zero-order valence-electron chi connectivity index (χ0n) is 15.6. The van der Waals surface area contributed by atoms with E-state index in [1.165, 1.54) is 0 Å². The quantitative estimate of drug-likeness (QED) is 0.738. The zero-order valence-corrected chi connectivity index (χ0v) is 16.3. The molecule has 1 saturated heterocycles. The van der Waals surface area contributed by atoms with Crippen molar-refractivity contribution in [2.75, 3.05) is 33.3 Å². The second-order valence-corrected chi connectivity index (χ2v) is 7.09. The number of amides is 1. The van der Waals surface area contributed by atoms with Gasteiger partial charge in [-0.2, -0.15) is 0 Å². The molecule has 27 heavy (non-hydrogen) atoms. The second kappa shape index (κ2) is 8.55. The van der Waals surface area contributed by atoms with E-state index < -0.39 is 0 Å². The molecule has 0 bridgehead atoms. The van der Waals surface area contributed by atoms with Crippen LogP contribution in [0.3, 0.4) is 0 Å². The van der Waals surface area contributed by atoms with Crippen molar-refractivity contribution in [1.29, 1.82) is 0 Å². The van der Waals surface area contributed by atoms with Crippen molar-refractivity contribution in [2.45, 2.75) is 13.5 Å². The Hall–Kier alpha value is -2.37. The van der Waals surface area contributed by atoms with Crippen LogP contribution in [0.4, 0.5) is 0 Å². The summed E-state index contributed by atoms with van der Waals surface area (Å²) in [6, 6.07) is 12.5. The second-order valence-electron chi connectivity index (χ2n) is 6.66. The van der Waals surface area contributed by atoms with Crippen LogP contribution in [0.2, 0.25) is 5.02 Å². The van der Waals surface area contributed by atoms with Crippen molar-refractivity contribution < 1.29 is 14.3 Å². The normalized spacial score (nSPS) is 14.9. The average molecular weight is 387 g/mol. The van der Waals surface area contributed by atoms with Gasteiger partial charge in [0.15, 0.2) is 5.78 Å². The zero-order chi connectivity index (χ0) is 19.4. The molecule has 2 aromatic rings. The fourth-order valence-corrected chi connectivity index (χ4v) is 3.37. The molecule has 1 amide bonds. The van der Waals surface area contributed by atoms with Crippen LogP contribution < -0.4 is 4.74 Å². The van der Waals surface area contributed by atoms with E-state index in [1.807, 2.05) is 17.0 Å². The van der Waals surface area contributed by atoms with Crippen molar-refractivity contribution in [3.8, 4) is 5.75 Å². The number of halogens is 1. The lowest BCUT2D eigenvalue weighted by Gasteiger charge is -2.35. The lowest BCUT2D eigenvalue weighted by atomic mass is 10.1. The van der Waals surface area contributed by atoms with Crippen LogP contribution in [0.25, 0.3) is 0 Å². The summed E-state index contributed by atoms with van der Waals surface area (Å²) in [6.07, 6.45) is 0. The highest BCUT2D eigenvalue weighted by atomic mass is 35.5. The molecular formula is C21H23ClN2O3. The van der Waals surface area contributed by atoms with E-state index in [0.717, 1.165) is 24.4 Å². The van der Waals surface area contributed by atoms with Crippen LogP contribution in [0.15, 0.2) is 42.5 Å². The van der Waals surface area contributed by atoms with Gasteiger partial charge in [-0.05, 0) is 49.4 Å². The molecule has 3 rings (SSSR count). The molecule has 1 heterocycles. The maximum atomic E-state index is 12.6. The van der Waals surface area contributed by atoms with Crippen molar-refractivity contribution in [2.24, 2.45) is 0 Å². The molecule has 1 aliphatic heterocycles. The van der Waals surface area contributed by atoms with Crippen molar-refractivity contribution in [3.63, 3.8) is 0 Å². The monoisotopic (exact) mass is 386 g/mol. The summed E-state index contributed by atoms with van der Waals surface area (Å²) in [5.74, 6) is 0.847. The minimum Gasteiger partial charge on any atom is -0.496 e. The number of hydrogen-bond donors (Lipinski definition) is 0. The molecular weight excluding hydrogens is 364 g/mol. The lowest BCUT2D eigenvalue weighted by Crippen LogP contribution is -2.48. The number of piperazine rings is 1. The molecule has 0 aliphatic carbocycles. The first-order chi connectivity index (χ1) is 13.0. The molecule has 0 N–H and O–H groups in total. The Morgan fingerprint density at radius 3 is 2.22 bits per heavy atom. The van der Waals surface area contributed by atoms with E-state index >= 15 is 0 Å². The van der Waals surface area contributed by atoms with Gasteiger partial charge in [0.05, 0.1) is 7.11 Å². The predicted octanol–water partition coefficient (Wildman–Crippen LogP) is 3.51. The first-order valence-corrected chi connectivity index (χ1v) is 9.31. The molecule has 0 radical (unpaired) electrons.